The molecule has 76 valence electrons. The van der Waals surface area contributed by atoms with Gasteiger partial charge in [0.1, 0.15) is 12.1 Å². The minimum atomic E-state index is 0.583. The van der Waals surface area contributed by atoms with E-state index in [2.05, 4.69) is 22.2 Å². The van der Waals surface area contributed by atoms with E-state index in [1.54, 1.807) is 0 Å². The Morgan fingerprint density at radius 3 is 3.00 bits per heavy atom. The molecule has 1 aliphatic carbocycles. The van der Waals surface area contributed by atoms with E-state index in [-0.39, 0.29) is 0 Å². The van der Waals surface area contributed by atoms with Crippen LogP contribution in [0.4, 0.5) is 5.82 Å². The van der Waals surface area contributed by atoms with Crippen molar-refractivity contribution in [3.63, 3.8) is 0 Å². The molecular weight excluding hydrogens is 178 g/mol. The second-order valence-electron chi connectivity index (χ2n) is 3.64. The molecule has 1 N–H and O–H groups in total. The van der Waals surface area contributed by atoms with Crippen molar-refractivity contribution in [2.75, 3.05) is 11.9 Å². The van der Waals surface area contributed by atoms with E-state index in [4.69, 9.17) is 4.74 Å². The molecule has 0 aliphatic heterocycles. The van der Waals surface area contributed by atoms with E-state index in [1.165, 1.54) is 12.7 Å². The third-order valence-corrected chi connectivity index (χ3v) is 2.38. The van der Waals surface area contributed by atoms with Crippen LogP contribution in [-0.2, 0) is 0 Å². The van der Waals surface area contributed by atoms with Crippen molar-refractivity contribution in [3.05, 3.63) is 12.4 Å². The molecule has 0 aromatic carbocycles. The minimum Gasteiger partial charge on any atom is -0.478 e. The lowest BCUT2D eigenvalue weighted by Crippen LogP contribution is -2.06. The number of nitrogens with zero attached hydrogens (tertiary/aromatic N) is 2. The molecule has 0 radical (unpaired) electrons. The van der Waals surface area contributed by atoms with Gasteiger partial charge in [-0.1, -0.05) is 6.92 Å². The van der Waals surface area contributed by atoms with Crippen LogP contribution in [0, 0.1) is 5.92 Å². The van der Waals surface area contributed by atoms with Crippen molar-refractivity contribution >= 4 is 5.82 Å². The quantitative estimate of drug-likeness (QED) is 0.790. The highest BCUT2D eigenvalue weighted by molar-refractivity contribution is 5.39. The van der Waals surface area contributed by atoms with Gasteiger partial charge in [0.05, 0.1) is 6.61 Å². The molecule has 4 nitrogen and oxygen atoms in total. The standard InChI is InChI=1S/C10H15N3O/c1-3-14-10-5-9(11-6-12-10)13-8-4-7(8)2/h5-8H,3-4H2,1-2H3,(H,11,12,13)/t7-,8-/m1/s1. The van der Waals surface area contributed by atoms with E-state index in [9.17, 15) is 0 Å². The van der Waals surface area contributed by atoms with Crippen LogP contribution < -0.4 is 10.1 Å². The number of aromatic nitrogens is 2. The van der Waals surface area contributed by atoms with Gasteiger partial charge in [-0.3, -0.25) is 0 Å². The van der Waals surface area contributed by atoms with Crippen molar-refractivity contribution < 1.29 is 4.74 Å². The number of hydrogen-bond donors (Lipinski definition) is 1. The summed E-state index contributed by atoms with van der Waals surface area (Å²) >= 11 is 0. The molecule has 1 heterocycles. The molecule has 2 rings (SSSR count). The Morgan fingerprint density at radius 1 is 1.57 bits per heavy atom. The first-order valence-electron chi connectivity index (χ1n) is 5.01. The first-order chi connectivity index (χ1) is 6.79. The maximum absolute atomic E-state index is 5.28. The summed E-state index contributed by atoms with van der Waals surface area (Å²) in [7, 11) is 0. The van der Waals surface area contributed by atoms with Crippen molar-refractivity contribution in [1.29, 1.82) is 0 Å². The molecule has 1 aliphatic rings. The van der Waals surface area contributed by atoms with Gasteiger partial charge < -0.3 is 10.1 Å². The van der Waals surface area contributed by atoms with Crippen LogP contribution >= 0.6 is 0 Å². The highest BCUT2D eigenvalue weighted by atomic mass is 16.5. The van der Waals surface area contributed by atoms with E-state index >= 15 is 0 Å². The molecule has 1 saturated carbocycles. The fourth-order valence-corrected chi connectivity index (χ4v) is 1.36. The van der Waals surface area contributed by atoms with Crippen LogP contribution in [0.15, 0.2) is 12.4 Å². The van der Waals surface area contributed by atoms with Gasteiger partial charge in [-0.25, -0.2) is 9.97 Å². The van der Waals surface area contributed by atoms with Gasteiger partial charge >= 0.3 is 0 Å². The molecule has 1 aromatic rings. The lowest BCUT2D eigenvalue weighted by atomic mass is 10.4. The third kappa shape index (κ3) is 2.13. The van der Waals surface area contributed by atoms with Crippen molar-refractivity contribution in [3.8, 4) is 5.88 Å². The van der Waals surface area contributed by atoms with Gasteiger partial charge in [0, 0.05) is 12.1 Å². The molecule has 0 unspecified atom stereocenters. The summed E-state index contributed by atoms with van der Waals surface area (Å²) in [5.74, 6) is 2.26. The Hall–Kier alpha value is -1.32. The van der Waals surface area contributed by atoms with Crippen LogP contribution in [0.2, 0.25) is 0 Å². The second kappa shape index (κ2) is 3.82. The summed E-state index contributed by atoms with van der Waals surface area (Å²) in [6.45, 7) is 4.80. The van der Waals surface area contributed by atoms with Crippen molar-refractivity contribution in [1.82, 2.24) is 9.97 Å². The number of nitrogens with one attached hydrogen (secondary N) is 1. The number of hydrogen-bond acceptors (Lipinski definition) is 4. The zero-order valence-electron chi connectivity index (χ0n) is 8.53. The first kappa shape index (κ1) is 9.24. The largest absolute Gasteiger partial charge is 0.478 e. The predicted octanol–water partition coefficient (Wildman–Crippen LogP) is 1.70. The number of ether oxygens (including phenoxy) is 1. The van der Waals surface area contributed by atoms with Crippen LogP contribution in [0.1, 0.15) is 20.3 Å². The molecule has 0 amide bonds. The van der Waals surface area contributed by atoms with Gasteiger partial charge in [-0.15, -0.1) is 0 Å². The Kier molecular flexibility index (Phi) is 2.52. The van der Waals surface area contributed by atoms with Crippen LogP contribution in [0.25, 0.3) is 0 Å². The Morgan fingerprint density at radius 2 is 2.36 bits per heavy atom. The minimum absolute atomic E-state index is 0.583. The first-order valence-corrected chi connectivity index (χ1v) is 5.01. The van der Waals surface area contributed by atoms with Crippen LogP contribution in [-0.4, -0.2) is 22.6 Å². The monoisotopic (exact) mass is 193 g/mol. The highest BCUT2D eigenvalue weighted by Gasteiger charge is 2.32. The average molecular weight is 193 g/mol. The Bertz CT molecular complexity index is 316. The smallest absolute Gasteiger partial charge is 0.218 e. The lowest BCUT2D eigenvalue weighted by Gasteiger charge is -2.05. The molecule has 0 bridgehead atoms. The number of rotatable bonds is 4. The van der Waals surface area contributed by atoms with E-state index < -0.39 is 0 Å². The maximum atomic E-state index is 5.28. The Labute approximate surface area is 83.7 Å². The zero-order chi connectivity index (χ0) is 9.97. The zero-order valence-corrected chi connectivity index (χ0v) is 8.53. The summed E-state index contributed by atoms with van der Waals surface area (Å²) in [6.07, 6.45) is 2.76. The maximum Gasteiger partial charge on any atom is 0.218 e. The molecule has 1 fully saturated rings. The molecule has 0 saturated heterocycles. The average Bonchev–Trinajstić information content (AvgIpc) is 2.83. The SMILES string of the molecule is CCOc1cc(N[C@@H]2C[C@H]2C)ncn1. The summed E-state index contributed by atoms with van der Waals surface area (Å²) in [6, 6.07) is 2.42. The number of anilines is 1. The van der Waals surface area contributed by atoms with Crippen molar-refractivity contribution in [2.24, 2.45) is 5.92 Å². The summed E-state index contributed by atoms with van der Waals surface area (Å²) < 4.78 is 5.28. The second-order valence-corrected chi connectivity index (χ2v) is 3.64. The van der Waals surface area contributed by atoms with E-state index in [0.29, 0.717) is 18.5 Å². The normalized spacial score (nSPS) is 24.4. The summed E-state index contributed by atoms with van der Waals surface area (Å²) in [5.41, 5.74) is 0. The van der Waals surface area contributed by atoms with E-state index in [0.717, 1.165) is 11.7 Å². The van der Waals surface area contributed by atoms with Gasteiger partial charge in [-0.05, 0) is 19.3 Å². The topological polar surface area (TPSA) is 47.0 Å². The Balaban J connectivity index is 1.99. The van der Waals surface area contributed by atoms with Crippen LogP contribution in [0.3, 0.4) is 0 Å². The van der Waals surface area contributed by atoms with Gasteiger partial charge in [0.25, 0.3) is 0 Å². The molecule has 4 heteroatoms. The third-order valence-electron chi connectivity index (χ3n) is 2.38. The molecule has 0 spiro atoms. The highest BCUT2D eigenvalue weighted by Crippen LogP contribution is 2.32. The summed E-state index contributed by atoms with van der Waals surface area (Å²) in [5, 5.41) is 3.33. The van der Waals surface area contributed by atoms with Crippen LogP contribution in [0.5, 0.6) is 5.88 Å². The van der Waals surface area contributed by atoms with Gasteiger partial charge in [-0.2, -0.15) is 0 Å². The molecule has 14 heavy (non-hydrogen) atoms. The molecule has 2 atom stereocenters. The summed E-state index contributed by atoms with van der Waals surface area (Å²) in [4.78, 5) is 8.14. The molecule has 1 aromatic heterocycles. The fraction of sp³-hybridized carbons (Fsp3) is 0.600. The van der Waals surface area contributed by atoms with E-state index in [1.807, 2.05) is 13.0 Å². The lowest BCUT2D eigenvalue weighted by molar-refractivity contribution is 0.326. The van der Waals surface area contributed by atoms with Gasteiger partial charge in [0.2, 0.25) is 5.88 Å². The predicted molar refractivity (Wildman–Crippen MR) is 54.4 cm³/mol. The molecular formula is C10H15N3O. The fourth-order valence-electron chi connectivity index (χ4n) is 1.36. The van der Waals surface area contributed by atoms with Gasteiger partial charge in [0.15, 0.2) is 0 Å². The van der Waals surface area contributed by atoms with Crippen molar-refractivity contribution in [2.45, 2.75) is 26.3 Å².